The second-order valence-corrected chi connectivity index (χ2v) is 6.75. The molecule has 0 fully saturated rings. The molecule has 0 aliphatic carbocycles. The van der Waals surface area contributed by atoms with Gasteiger partial charge >= 0.3 is 6.18 Å². The lowest BCUT2D eigenvalue weighted by molar-refractivity contribution is -0.697. The number of carboxylic acid groups (broad SMARTS) is 1. The van der Waals surface area contributed by atoms with Gasteiger partial charge in [0.15, 0.2) is 12.4 Å². The average molecular weight is 348 g/mol. The Labute approximate surface area is 124 Å². The van der Waals surface area contributed by atoms with Crippen LogP contribution in [0.3, 0.4) is 0 Å². The number of nitrogens with zero attached hydrogens (tertiary/aromatic N) is 1. The number of aromatic nitrogens is 1. The Morgan fingerprint density at radius 2 is 1.62 bits per heavy atom. The first-order valence-corrected chi connectivity index (χ1v) is 8.15. The number of unbranched alkanes of at least 4 members (excludes halogenated alkanes) is 1. The molecule has 0 aliphatic rings. The van der Waals surface area contributed by atoms with Gasteiger partial charge in [0, 0.05) is 29.2 Å². The van der Waals surface area contributed by atoms with Gasteiger partial charge in [0.25, 0.3) is 0 Å². The molecular weight excluding hydrogens is 335 g/mol. The van der Waals surface area contributed by atoms with Crippen molar-refractivity contribution in [2.45, 2.75) is 25.6 Å². The minimum atomic E-state index is -5.19. The summed E-state index contributed by atoms with van der Waals surface area (Å²) >= 11 is 0. The fourth-order valence-corrected chi connectivity index (χ4v) is 2.03. The Bertz CT molecular complexity index is 534. The summed E-state index contributed by atoms with van der Waals surface area (Å²) in [6, 6.07) is 5.83. The van der Waals surface area contributed by atoms with E-state index in [2.05, 4.69) is 0 Å². The number of aliphatic carboxylic acids is 1. The van der Waals surface area contributed by atoms with Crippen LogP contribution in [0, 0.1) is 0 Å². The van der Waals surface area contributed by atoms with Crippen molar-refractivity contribution in [3.05, 3.63) is 30.6 Å². The lowest BCUT2D eigenvalue weighted by Crippen LogP contribution is -2.37. The van der Waals surface area contributed by atoms with E-state index in [0.717, 1.165) is 13.0 Å². The number of carbonyl (C=O) groups excluding carboxylic acids is 1. The second kappa shape index (κ2) is 8.83. The van der Waals surface area contributed by atoms with Crippen LogP contribution in [0.4, 0.5) is 13.2 Å². The SMILES string of the molecule is O=C([O-])C(F)(F)F.O=S(=O)(Cl)CCCC[n+]1ccccc1. The quantitative estimate of drug-likeness (QED) is 0.444. The molecule has 0 spiro atoms. The number of rotatable bonds is 5. The van der Waals surface area contributed by atoms with Crippen LogP contribution in [0.15, 0.2) is 30.6 Å². The van der Waals surface area contributed by atoms with Crippen LogP contribution in [-0.2, 0) is 20.4 Å². The maximum Gasteiger partial charge on any atom is 0.430 e. The van der Waals surface area contributed by atoms with E-state index in [9.17, 15) is 21.6 Å². The highest BCUT2D eigenvalue weighted by Crippen LogP contribution is 2.11. The van der Waals surface area contributed by atoms with Crippen LogP contribution in [-0.4, -0.2) is 26.3 Å². The number of halogens is 4. The fourth-order valence-electron chi connectivity index (χ4n) is 1.15. The zero-order valence-corrected chi connectivity index (χ0v) is 12.3. The van der Waals surface area contributed by atoms with Crippen molar-refractivity contribution in [3.63, 3.8) is 0 Å². The minimum absolute atomic E-state index is 0.0575. The molecule has 0 saturated carbocycles. The lowest BCUT2D eigenvalue weighted by atomic mass is 10.3. The molecular formula is C11H13ClF3NO4S. The second-order valence-electron chi connectivity index (χ2n) is 3.85. The molecule has 0 unspecified atom stereocenters. The summed E-state index contributed by atoms with van der Waals surface area (Å²) < 4.78 is 54.8. The molecule has 0 amide bonds. The highest BCUT2D eigenvalue weighted by atomic mass is 35.7. The molecule has 10 heteroatoms. The highest BCUT2D eigenvalue weighted by molar-refractivity contribution is 8.13. The van der Waals surface area contributed by atoms with Gasteiger partial charge < -0.3 is 9.90 Å². The highest BCUT2D eigenvalue weighted by Gasteiger charge is 2.28. The molecule has 0 atom stereocenters. The molecule has 0 aromatic carbocycles. The van der Waals surface area contributed by atoms with E-state index in [4.69, 9.17) is 20.6 Å². The van der Waals surface area contributed by atoms with Gasteiger partial charge in [-0.15, -0.1) is 0 Å². The number of pyridine rings is 1. The molecule has 1 heterocycles. The number of carbonyl (C=O) groups is 1. The zero-order valence-electron chi connectivity index (χ0n) is 10.7. The number of hydrogen-bond acceptors (Lipinski definition) is 4. The largest absolute Gasteiger partial charge is 0.542 e. The van der Waals surface area contributed by atoms with Crippen LogP contribution < -0.4 is 9.67 Å². The molecule has 0 N–H and O–H groups in total. The molecule has 0 radical (unpaired) electrons. The molecule has 0 aliphatic heterocycles. The fraction of sp³-hybridized carbons (Fsp3) is 0.455. The van der Waals surface area contributed by atoms with Crippen LogP contribution in [0.5, 0.6) is 0 Å². The predicted octanol–water partition coefficient (Wildman–Crippen LogP) is 0.621. The van der Waals surface area contributed by atoms with Gasteiger partial charge in [-0.1, -0.05) is 6.07 Å². The van der Waals surface area contributed by atoms with Crippen LogP contribution in [0.1, 0.15) is 12.8 Å². The van der Waals surface area contributed by atoms with Gasteiger partial charge in [0.05, 0.1) is 5.75 Å². The monoisotopic (exact) mass is 347 g/mol. The smallest absolute Gasteiger partial charge is 0.430 e. The Hall–Kier alpha value is -1.35. The third-order valence-corrected chi connectivity index (χ3v) is 3.30. The van der Waals surface area contributed by atoms with E-state index < -0.39 is 21.2 Å². The maximum absolute atomic E-state index is 10.6. The Balaban J connectivity index is 0.000000486. The van der Waals surface area contributed by atoms with Crippen molar-refractivity contribution in [1.82, 2.24) is 0 Å². The molecule has 0 saturated heterocycles. The Morgan fingerprint density at radius 3 is 2.00 bits per heavy atom. The summed E-state index contributed by atoms with van der Waals surface area (Å²) in [6.45, 7) is 0.827. The summed E-state index contributed by atoms with van der Waals surface area (Å²) in [4.78, 5) is 8.78. The Kier molecular flexibility index (Phi) is 8.26. The van der Waals surface area contributed by atoms with E-state index in [-0.39, 0.29) is 5.75 Å². The van der Waals surface area contributed by atoms with E-state index in [1.165, 1.54) is 0 Å². The van der Waals surface area contributed by atoms with Crippen LogP contribution in [0.2, 0.25) is 0 Å². The van der Waals surface area contributed by atoms with Crippen molar-refractivity contribution in [3.8, 4) is 0 Å². The lowest BCUT2D eigenvalue weighted by Gasteiger charge is -2.03. The molecule has 5 nitrogen and oxygen atoms in total. The number of carboxylic acids is 1. The van der Waals surface area contributed by atoms with Gasteiger partial charge in [-0.2, -0.15) is 13.2 Å². The molecule has 1 aromatic heterocycles. The molecule has 1 aromatic rings. The summed E-state index contributed by atoms with van der Waals surface area (Å²) in [5.41, 5.74) is 0. The number of hydrogen-bond donors (Lipinski definition) is 0. The van der Waals surface area contributed by atoms with Crippen molar-refractivity contribution in [2.75, 3.05) is 5.75 Å². The van der Waals surface area contributed by atoms with Gasteiger partial charge in [0.1, 0.15) is 12.5 Å². The summed E-state index contributed by atoms with van der Waals surface area (Å²) in [6.07, 6.45) is 0.138. The normalized spacial score (nSPS) is 11.4. The molecule has 120 valence electrons. The summed E-state index contributed by atoms with van der Waals surface area (Å²) in [5, 5.41) is 8.78. The summed E-state index contributed by atoms with van der Waals surface area (Å²) in [5.74, 6) is -2.95. The van der Waals surface area contributed by atoms with E-state index in [1.54, 1.807) is 0 Å². The van der Waals surface area contributed by atoms with Crippen LogP contribution in [0.25, 0.3) is 0 Å². The first kappa shape index (κ1) is 19.7. The van der Waals surface area contributed by atoms with Gasteiger partial charge in [-0.05, 0) is 6.42 Å². The van der Waals surface area contributed by atoms with Gasteiger partial charge in [0.2, 0.25) is 9.05 Å². The van der Waals surface area contributed by atoms with Crippen molar-refractivity contribution >= 4 is 25.7 Å². The molecule has 21 heavy (non-hydrogen) atoms. The number of aryl methyl sites for hydroxylation is 1. The van der Waals surface area contributed by atoms with E-state index in [1.807, 2.05) is 35.2 Å². The van der Waals surface area contributed by atoms with Crippen molar-refractivity contribution in [1.29, 1.82) is 0 Å². The van der Waals surface area contributed by atoms with Gasteiger partial charge in [-0.25, -0.2) is 13.0 Å². The molecule has 0 bridgehead atoms. The average Bonchev–Trinajstić information content (AvgIpc) is 2.34. The standard InChI is InChI=1S/C9H13ClNO2S.C2HF3O2/c10-14(12,13)9-5-4-8-11-6-2-1-3-7-11;3-2(4,5)1(6)7/h1-3,6-7H,4-5,8-9H2;(H,6,7)/q+1;/p-1. The first-order chi connectivity index (χ1) is 9.52. The molecule has 1 rings (SSSR count). The zero-order chi connectivity index (χ0) is 16.5. The maximum atomic E-state index is 10.6. The number of alkyl halides is 3. The van der Waals surface area contributed by atoms with Crippen LogP contribution >= 0.6 is 10.7 Å². The predicted molar refractivity (Wildman–Crippen MR) is 66.6 cm³/mol. The third kappa shape index (κ3) is 12.1. The topological polar surface area (TPSA) is 78.1 Å². The van der Waals surface area contributed by atoms with E-state index in [0.29, 0.717) is 6.42 Å². The first-order valence-electron chi connectivity index (χ1n) is 5.67. The van der Waals surface area contributed by atoms with Crippen molar-refractivity contribution < 1.29 is 36.1 Å². The van der Waals surface area contributed by atoms with E-state index >= 15 is 0 Å². The van der Waals surface area contributed by atoms with Crippen molar-refractivity contribution in [2.24, 2.45) is 0 Å². The third-order valence-electron chi connectivity index (χ3n) is 2.06. The summed E-state index contributed by atoms with van der Waals surface area (Å²) in [7, 11) is 1.76. The van der Waals surface area contributed by atoms with Gasteiger partial charge in [-0.3, -0.25) is 0 Å². The minimum Gasteiger partial charge on any atom is -0.542 e. The Morgan fingerprint density at radius 1 is 1.14 bits per heavy atom.